The molecule has 6 heteroatoms. The average molecular weight is 397 g/mol. The van der Waals surface area contributed by atoms with E-state index in [0.29, 0.717) is 12.1 Å². The van der Waals surface area contributed by atoms with Crippen molar-refractivity contribution in [3.8, 4) is 0 Å². The first kappa shape index (κ1) is 21.0. The number of hydrogen-bond acceptors (Lipinski definition) is 2. The lowest BCUT2D eigenvalue weighted by molar-refractivity contribution is -1.02. The zero-order valence-corrected chi connectivity index (χ0v) is 17.6. The predicted octanol–water partition coefficient (Wildman–Crippen LogP) is -0.381. The highest BCUT2D eigenvalue weighted by Crippen LogP contribution is 2.10. The van der Waals surface area contributed by atoms with Gasteiger partial charge in [0.2, 0.25) is 0 Å². The summed E-state index contributed by atoms with van der Waals surface area (Å²) < 4.78 is 0. The zero-order chi connectivity index (χ0) is 20.8. The molecular formula is C23H32N4O2+2. The molecule has 3 rings (SSSR count). The zero-order valence-electron chi connectivity index (χ0n) is 17.6. The Balaban J connectivity index is 1.44. The number of hydrogen-bond donors (Lipinski definition) is 3. The Hall–Kier alpha value is -2.70. The number of carbonyl (C=O) groups is 2. The van der Waals surface area contributed by atoms with Crippen molar-refractivity contribution in [1.82, 2.24) is 4.90 Å². The van der Waals surface area contributed by atoms with E-state index in [2.05, 4.69) is 36.5 Å². The third-order valence-electron chi connectivity index (χ3n) is 5.60. The summed E-state index contributed by atoms with van der Waals surface area (Å²) >= 11 is 0. The smallest absolute Gasteiger partial charge is 0.279 e. The van der Waals surface area contributed by atoms with Crippen LogP contribution in [0.25, 0.3) is 0 Å². The van der Waals surface area contributed by atoms with Crippen LogP contribution >= 0.6 is 0 Å². The molecule has 1 aliphatic rings. The summed E-state index contributed by atoms with van der Waals surface area (Å²) in [6.45, 7) is 7.89. The van der Waals surface area contributed by atoms with Gasteiger partial charge in [-0.1, -0.05) is 24.3 Å². The molecule has 6 nitrogen and oxygen atoms in total. The highest BCUT2D eigenvalue weighted by Gasteiger charge is 2.25. The summed E-state index contributed by atoms with van der Waals surface area (Å²) in [6, 6.07) is 15.6. The fourth-order valence-electron chi connectivity index (χ4n) is 3.78. The lowest BCUT2D eigenvalue weighted by Gasteiger charge is -2.29. The molecule has 2 amide bonds. The normalized spacial score (nSPS) is 18.9. The number of rotatable bonds is 6. The van der Waals surface area contributed by atoms with Crippen LogP contribution in [0.1, 0.15) is 21.5 Å². The second-order valence-corrected chi connectivity index (χ2v) is 8.11. The van der Waals surface area contributed by atoms with Crippen molar-refractivity contribution in [3.05, 3.63) is 65.2 Å². The molecule has 2 aromatic carbocycles. The molecule has 1 aliphatic heterocycles. The molecule has 0 saturated carbocycles. The van der Waals surface area contributed by atoms with Crippen LogP contribution in [-0.2, 0) is 11.3 Å². The van der Waals surface area contributed by atoms with E-state index in [-0.39, 0.29) is 11.8 Å². The fraction of sp³-hybridized carbons (Fsp3) is 0.391. The number of nitrogens with zero attached hydrogens (tertiary/aromatic N) is 1. The molecule has 1 heterocycles. The molecule has 29 heavy (non-hydrogen) atoms. The maximum atomic E-state index is 12.4. The molecule has 0 aliphatic carbocycles. The van der Waals surface area contributed by atoms with E-state index in [1.54, 1.807) is 43.3 Å². The lowest BCUT2D eigenvalue weighted by Crippen LogP contribution is -3.28. The highest BCUT2D eigenvalue weighted by molar-refractivity contribution is 5.95. The number of aryl methyl sites for hydroxylation is 1. The van der Waals surface area contributed by atoms with Gasteiger partial charge in [0.1, 0.15) is 32.7 Å². The van der Waals surface area contributed by atoms with Crippen LogP contribution in [0.5, 0.6) is 0 Å². The highest BCUT2D eigenvalue weighted by atomic mass is 16.2. The molecule has 0 aromatic heterocycles. The molecule has 1 saturated heterocycles. The van der Waals surface area contributed by atoms with Crippen molar-refractivity contribution < 1.29 is 19.4 Å². The van der Waals surface area contributed by atoms with E-state index in [1.165, 1.54) is 20.9 Å². The van der Waals surface area contributed by atoms with Crippen molar-refractivity contribution >= 4 is 17.5 Å². The van der Waals surface area contributed by atoms with Crippen LogP contribution in [0.15, 0.2) is 48.5 Å². The number of quaternary nitrogens is 2. The lowest BCUT2D eigenvalue weighted by atomic mass is 10.1. The van der Waals surface area contributed by atoms with Crippen molar-refractivity contribution in [2.24, 2.45) is 0 Å². The summed E-state index contributed by atoms with van der Waals surface area (Å²) in [5, 5.41) is 2.95. The minimum absolute atomic E-state index is 0.0223. The van der Waals surface area contributed by atoms with Gasteiger partial charge < -0.3 is 20.0 Å². The minimum Gasteiger partial charge on any atom is -0.345 e. The van der Waals surface area contributed by atoms with Gasteiger partial charge in [0.05, 0.1) is 0 Å². The largest absolute Gasteiger partial charge is 0.345 e. The number of benzene rings is 2. The summed E-state index contributed by atoms with van der Waals surface area (Å²) in [6.07, 6.45) is 0. The molecule has 2 aromatic rings. The number of piperazine rings is 1. The van der Waals surface area contributed by atoms with Gasteiger partial charge in [0, 0.05) is 30.9 Å². The minimum atomic E-state index is -0.0432. The Labute approximate surface area is 173 Å². The van der Waals surface area contributed by atoms with Gasteiger partial charge in [0.15, 0.2) is 6.54 Å². The molecule has 1 fully saturated rings. The van der Waals surface area contributed by atoms with E-state index in [0.717, 1.165) is 38.4 Å². The van der Waals surface area contributed by atoms with E-state index in [9.17, 15) is 9.59 Å². The average Bonchev–Trinajstić information content (AvgIpc) is 2.71. The van der Waals surface area contributed by atoms with Gasteiger partial charge in [-0.2, -0.15) is 0 Å². The van der Waals surface area contributed by atoms with Gasteiger partial charge in [-0.15, -0.1) is 0 Å². The van der Waals surface area contributed by atoms with Crippen molar-refractivity contribution in [3.63, 3.8) is 0 Å². The quantitative estimate of drug-likeness (QED) is 0.624. The van der Waals surface area contributed by atoms with E-state index in [1.807, 2.05) is 0 Å². The van der Waals surface area contributed by atoms with Crippen LogP contribution in [0, 0.1) is 6.92 Å². The van der Waals surface area contributed by atoms with Crippen molar-refractivity contribution in [1.29, 1.82) is 0 Å². The maximum absolute atomic E-state index is 12.4. The molecule has 154 valence electrons. The molecule has 0 spiro atoms. The molecule has 0 bridgehead atoms. The monoisotopic (exact) mass is 396 g/mol. The van der Waals surface area contributed by atoms with Crippen LogP contribution in [0.2, 0.25) is 0 Å². The maximum Gasteiger partial charge on any atom is 0.279 e. The van der Waals surface area contributed by atoms with E-state index >= 15 is 0 Å². The Morgan fingerprint density at radius 1 is 0.931 bits per heavy atom. The van der Waals surface area contributed by atoms with Gasteiger partial charge in [0.25, 0.3) is 11.8 Å². The number of anilines is 1. The van der Waals surface area contributed by atoms with Crippen LogP contribution < -0.4 is 15.1 Å². The van der Waals surface area contributed by atoms with Crippen molar-refractivity contribution in [2.75, 3.05) is 52.1 Å². The number of nitrogens with one attached hydrogen (secondary N) is 3. The third-order valence-corrected chi connectivity index (χ3v) is 5.60. The first-order valence-corrected chi connectivity index (χ1v) is 10.3. The molecule has 0 unspecified atom stereocenters. The Morgan fingerprint density at radius 2 is 1.55 bits per heavy atom. The summed E-state index contributed by atoms with van der Waals surface area (Å²) in [5.41, 5.74) is 4.12. The van der Waals surface area contributed by atoms with Crippen LogP contribution in [-0.4, -0.2) is 63.5 Å². The number of carbonyl (C=O) groups excluding carboxylic acids is 2. The summed E-state index contributed by atoms with van der Waals surface area (Å²) in [5.74, 6) is -0.0209. The first-order chi connectivity index (χ1) is 13.9. The molecule has 0 atom stereocenters. The third kappa shape index (κ3) is 5.89. The van der Waals surface area contributed by atoms with Gasteiger partial charge in [-0.05, 0) is 36.8 Å². The van der Waals surface area contributed by atoms with Crippen LogP contribution in [0.4, 0.5) is 5.69 Å². The summed E-state index contributed by atoms with van der Waals surface area (Å²) in [7, 11) is 3.45. The van der Waals surface area contributed by atoms with E-state index in [4.69, 9.17) is 0 Å². The SMILES string of the molecule is Cc1ccccc1C[NH+]1CC[NH+](CC(=O)Nc2ccc(C(=O)N(C)C)cc2)CC1. The topological polar surface area (TPSA) is 58.3 Å². The Morgan fingerprint density at radius 3 is 2.17 bits per heavy atom. The second-order valence-electron chi connectivity index (χ2n) is 8.11. The van der Waals surface area contributed by atoms with E-state index < -0.39 is 0 Å². The predicted molar refractivity (Wildman–Crippen MR) is 114 cm³/mol. The van der Waals surface area contributed by atoms with Crippen molar-refractivity contribution in [2.45, 2.75) is 13.5 Å². The Bertz CT molecular complexity index is 840. The number of amides is 2. The second kappa shape index (κ2) is 9.67. The van der Waals surface area contributed by atoms with Crippen LogP contribution in [0.3, 0.4) is 0 Å². The Kier molecular flexibility index (Phi) is 7.01. The molecular weight excluding hydrogens is 364 g/mol. The standard InChI is InChI=1S/C23H30N4O2/c1-18-6-4-5-7-20(18)16-26-12-14-27(15-13-26)17-22(28)24-21-10-8-19(9-11-21)23(29)25(2)3/h4-11H,12-17H2,1-3H3,(H,24,28)/p+2. The summed E-state index contributed by atoms with van der Waals surface area (Å²) in [4.78, 5) is 28.8. The van der Waals surface area contributed by atoms with Gasteiger partial charge in [-0.3, -0.25) is 9.59 Å². The fourth-order valence-corrected chi connectivity index (χ4v) is 3.78. The van der Waals surface area contributed by atoms with Gasteiger partial charge >= 0.3 is 0 Å². The molecule has 3 N–H and O–H groups in total. The molecule has 0 radical (unpaired) electrons. The van der Waals surface area contributed by atoms with Gasteiger partial charge in [-0.25, -0.2) is 0 Å². The first-order valence-electron chi connectivity index (χ1n) is 10.3.